The van der Waals surface area contributed by atoms with E-state index in [-0.39, 0.29) is 22.7 Å². The average Bonchev–Trinajstić information content (AvgIpc) is 3.21. The maximum absolute atomic E-state index is 12.4. The summed E-state index contributed by atoms with van der Waals surface area (Å²) >= 11 is 0. The molecule has 0 spiro atoms. The van der Waals surface area contributed by atoms with E-state index in [4.69, 9.17) is 4.74 Å². The topological polar surface area (TPSA) is 46.7 Å². The number of rotatable bonds is 1. The van der Waals surface area contributed by atoms with E-state index < -0.39 is 5.60 Å². The molecule has 0 radical (unpaired) electrons. The molecular weight excluding hydrogens is 300 g/mol. The minimum Gasteiger partial charge on any atom is -0.357 e. The van der Waals surface area contributed by atoms with E-state index in [0.29, 0.717) is 30.0 Å². The van der Waals surface area contributed by atoms with Crippen molar-refractivity contribution in [2.75, 3.05) is 0 Å². The molecule has 0 bridgehead atoms. The molecule has 1 saturated heterocycles. The van der Waals surface area contributed by atoms with Crippen LogP contribution in [0.15, 0.2) is 11.6 Å². The number of hydrogen-bond acceptors (Lipinski definition) is 3. The second-order valence-corrected chi connectivity index (χ2v) is 9.56. The Morgan fingerprint density at radius 1 is 1.17 bits per heavy atom. The van der Waals surface area contributed by atoms with Crippen molar-refractivity contribution in [3.63, 3.8) is 0 Å². The van der Waals surface area contributed by atoms with Gasteiger partial charge in [-0.1, -0.05) is 19.4 Å². The van der Waals surface area contributed by atoms with Crippen LogP contribution in [0.5, 0.6) is 0 Å². The van der Waals surface area contributed by atoms with Crippen LogP contribution in [0.3, 0.4) is 0 Å². The van der Waals surface area contributed by atoms with Gasteiger partial charge in [0.25, 0.3) is 0 Å². The highest BCUT2D eigenvalue weighted by Crippen LogP contribution is 2.73. The highest BCUT2D eigenvalue weighted by Gasteiger charge is 2.79. The first-order valence-electron chi connectivity index (χ1n) is 9.76. The Bertz CT molecular complexity index is 679. The summed E-state index contributed by atoms with van der Waals surface area (Å²) in [6, 6.07) is 0. The first kappa shape index (κ1) is 15.3. The van der Waals surface area contributed by atoms with Crippen molar-refractivity contribution in [3.8, 4) is 0 Å². The molecule has 0 amide bonds. The lowest BCUT2D eigenvalue weighted by Crippen LogP contribution is -2.54. The molecule has 0 aromatic carbocycles. The number of carbonyl (C=O) groups excluding carboxylic acids is 2. The normalized spacial score (nSPS) is 55.0. The summed E-state index contributed by atoms with van der Waals surface area (Å²) in [6.07, 6.45) is 9.53. The zero-order valence-electron chi connectivity index (χ0n) is 15.1. The van der Waals surface area contributed by atoms with Crippen molar-refractivity contribution in [1.82, 2.24) is 0 Å². The Labute approximate surface area is 144 Å². The molecule has 5 rings (SSSR count). The van der Waals surface area contributed by atoms with Crippen molar-refractivity contribution in [2.24, 2.45) is 28.6 Å². The predicted molar refractivity (Wildman–Crippen MR) is 90.4 cm³/mol. The Hall–Kier alpha value is -0.960. The van der Waals surface area contributed by atoms with E-state index in [1.807, 2.05) is 6.08 Å². The fourth-order valence-electron chi connectivity index (χ4n) is 7.62. The molecule has 4 fully saturated rings. The first-order valence-corrected chi connectivity index (χ1v) is 9.76. The van der Waals surface area contributed by atoms with Gasteiger partial charge in [-0.15, -0.1) is 0 Å². The van der Waals surface area contributed by atoms with Crippen LogP contribution in [-0.4, -0.2) is 23.3 Å². The van der Waals surface area contributed by atoms with Crippen LogP contribution < -0.4 is 0 Å². The fourth-order valence-corrected chi connectivity index (χ4v) is 7.62. The van der Waals surface area contributed by atoms with E-state index in [2.05, 4.69) is 13.8 Å². The Balaban J connectivity index is 1.52. The second kappa shape index (κ2) is 4.41. The van der Waals surface area contributed by atoms with Crippen molar-refractivity contribution >= 4 is 11.6 Å². The van der Waals surface area contributed by atoms with Crippen LogP contribution in [-0.2, 0) is 14.3 Å². The van der Waals surface area contributed by atoms with Crippen molar-refractivity contribution in [2.45, 2.75) is 77.4 Å². The van der Waals surface area contributed by atoms with Gasteiger partial charge in [-0.05, 0) is 74.7 Å². The molecule has 3 nitrogen and oxygen atoms in total. The maximum Gasteiger partial charge on any atom is 0.164 e. The van der Waals surface area contributed by atoms with Gasteiger partial charge < -0.3 is 4.74 Å². The summed E-state index contributed by atoms with van der Waals surface area (Å²) in [5.74, 6) is 2.58. The highest BCUT2D eigenvalue weighted by atomic mass is 16.6. The predicted octanol–water partition coefficient (Wildman–Crippen LogP) is 3.85. The van der Waals surface area contributed by atoms with E-state index in [1.54, 1.807) is 6.92 Å². The summed E-state index contributed by atoms with van der Waals surface area (Å²) in [4.78, 5) is 24.3. The fraction of sp³-hybridized carbons (Fsp3) is 0.810. The number of hydrogen-bond donors (Lipinski definition) is 0. The maximum atomic E-state index is 12.4. The molecule has 1 heterocycles. The molecule has 3 heteroatoms. The number of carbonyl (C=O) groups is 2. The number of fused-ring (bicyclic) bond motifs is 7. The minimum atomic E-state index is -0.456. The molecule has 0 unspecified atom stereocenters. The molecular formula is C21H28O3. The SMILES string of the molecule is CC(=O)[C@]12O[C@H]1C[C@H]1[C@H]3CCC4=CC(=O)CC[C@@]4(C)[C@@H]3CC[C@@]12C. The third-order valence-electron chi connectivity index (χ3n) is 8.92. The quantitative estimate of drug-likeness (QED) is 0.687. The molecule has 0 N–H and O–H groups in total. The van der Waals surface area contributed by atoms with Gasteiger partial charge in [0.1, 0.15) is 0 Å². The van der Waals surface area contributed by atoms with Crippen LogP contribution in [0, 0.1) is 28.6 Å². The molecule has 4 aliphatic carbocycles. The molecule has 3 saturated carbocycles. The zero-order valence-corrected chi connectivity index (χ0v) is 15.1. The zero-order chi connectivity index (χ0) is 16.9. The van der Waals surface area contributed by atoms with E-state index >= 15 is 0 Å². The number of ketones is 2. The Morgan fingerprint density at radius 2 is 1.96 bits per heavy atom. The van der Waals surface area contributed by atoms with Gasteiger partial charge in [-0.2, -0.15) is 0 Å². The average molecular weight is 328 g/mol. The monoisotopic (exact) mass is 328 g/mol. The number of allylic oxidation sites excluding steroid dienone is 1. The summed E-state index contributed by atoms with van der Waals surface area (Å²) in [5, 5.41) is 0. The molecule has 24 heavy (non-hydrogen) atoms. The van der Waals surface area contributed by atoms with Gasteiger partial charge in [-0.3, -0.25) is 9.59 Å². The van der Waals surface area contributed by atoms with Gasteiger partial charge in [0, 0.05) is 11.8 Å². The van der Waals surface area contributed by atoms with E-state index in [1.165, 1.54) is 18.4 Å². The smallest absolute Gasteiger partial charge is 0.164 e. The second-order valence-electron chi connectivity index (χ2n) is 9.56. The van der Waals surface area contributed by atoms with Gasteiger partial charge in [0.05, 0.1) is 6.10 Å². The minimum absolute atomic E-state index is 0.0345. The van der Waals surface area contributed by atoms with Crippen LogP contribution in [0.1, 0.15) is 65.7 Å². The lowest BCUT2D eigenvalue weighted by atomic mass is 9.46. The Morgan fingerprint density at radius 3 is 2.71 bits per heavy atom. The lowest BCUT2D eigenvalue weighted by Gasteiger charge is -2.58. The van der Waals surface area contributed by atoms with Crippen LogP contribution in [0.4, 0.5) is 0 Å². The summed E-state index contributed by atoms with van der Waals surface area (Å²) < 4.78 is 5.99. The van der Waals surface area contributed by atoms with Crippen molar-refractivity contribution in [3.05, 3.63) is 11.6 Å². The number of ether oxygens (including phenoxy) is 1. The van der Waals surface area contributed by atoms with Gasteiger partial charge in [0.2, 0.25) is 0 Å². The first-order chi connectivity index (χ1) is 11.3. The van der Waals surface area contributed by atoms with Gasteiger partial charge in [0.15, 0.2) is 17.2 Å². The van der Waals surface area contributed by atoms with Crippen molar-refractivity contribution < 1.29 is 14.3 Å². The molecule has 130 valence electrons. The van der Waals surface area contributed by atoms with Gasteiger partial charge in [-0.25, -0.2) is 0 Å². The third-order valence-corrected chi connectivity index (χ3v) is 8.92. The molecule has 7 atom stereocenters. The lowest BCUT2D eigenvalue weighted by molar-refractivity contribution is -0.136. The van der Waals surface area contributed by atoms with E-state index in [0.717, 1.165) is 25.7 Å². The molecule has 0 aromatic heterocycles. The van der Waals surface area contributed by atoms with Crippen molar-refractivity contribution in [1.29, 1.82) is 0 Å². The molecule has 0 aromatic rings. The van der Waals surface area contributed by atoms with Crippen LogP contribution in [0.2, 0.25) is 0 Å². The number of epoxide rings is 1. The van der Waals surface area contributed by atoms with Crippen LogP contribution in [0.25, 0.3) is 0 Å². The number of Topliss-reactive ketones (excluding diaryl/α,β-unsaturated/α-hetero) is 1. The van der Waals surface area contributed by atoms with Gasteiger partial charge >= 0.3 is 0 Å². The van der Waals surface area contributed by atoms with E-state index in [9.17, 15) is 9.59 Å². The van der Waals surface area contributed by atoms with Crippen LogP contribution >= 0.6 is 0 Å². The molecule has 5 aliphatic rings. The standard InChI is InChI=1S/C21H28O3/c1-12(22)21-18(24-21)11-17-15-5-4-13-10-14(23)6-8-19(13,2)16(15)7-9-20(17,21)3/h10,15-18H,4-9,11H2,1-3H3/t15-,16+,17-,18-,19+,20-,21-/m0/s1. The summed E-state index contributed by atoms with van der Waals surface area (Å²) in [7, 11) is 0. The third kappa shape index (κ3) is 1.54. The Kier molecular flexibility index (Phi) is 2.81. The highest BCUT2D eigenvalue weighted by molar-refractivity contribution is 5.92. The summed E-state index contributed by atoms with van der Waals surface area (Å²) in [6.45, 7) is 6.48. The largest absolute Gasteiger partial charge is 0.357 e. The molecule has 1 aliphatic heterocycles. The summed E-state index contributed by atoms with van der Waals surface area (Å²) in [5.41, 5.74) is 1.22.